The van der Waals surface area contributed by atoms with Crippen LogP contribution in [0.2, 0.25) is 5.02 Å². The maximum Gasteiger partial charge on any atom is 0.258 e. The van der Waals surface area contributed by atoms with Gasteiger partial charge in [0.25, 0.3) is 5.56 Å². The molecule has 0 aliphatic carbocycles. The molecule has 4 heteroatoms. The molecule has 0 spiro atoms. The quantitative estimate of drug-likeness (QED) is 0.739. The van der Waals surface area contributed by atoms with Gasteiger partial charge in [-0.1, -0.05) is 11.6 Å². The number of aryl methyl sites for hydroxylation is 1. The number of nitrogens with zero attached hydrogens (tertiary/aromatic N) is 2. The molecule has 0 bridgehead atoms. The minimum atomic E-state index is -0.0928. The lowest BCUT2D eigenvalue weighted by atomic mass is 10.3. The van der Waals surface area contributed by atoms with Gasteiger partial charge < -0.3 is 0 Å². The second-order valence-electron chi connectivity index (χ2n) is 3.14. The van der Waals surface area contributed by atoms with Crippen molar-refractivity contribution in [1.29, 1.82) is 0 Å². The monoisotopic (exact) mass is 220 g/mol. The fraction of sp³-hybridized carbons (Fsp3) is 0.0909. The highest BCUT2D eigenvalue weighted by molar-refractivity contribution is 6.30. The van der Waals surface area contributed by atoms with Crippen LogP contribution >= 0.6 is 11.6 Å². The molecule has 15 heavy (non-hydrogen) atoms. The highest BCUT2D eigenvalue weighted by Crippen LogP contribution is 2.12. The molecule has 1 heterocycles. The smallest absolute Gasteiger partial charge is 0.258 e. The van der Waals surface area contributed by atoms with Crippen molar-refractivity contribution in [2.24, 2.45) is 0 Å². The summed E-state index contributed by atoms with van der Waals surface area (Å²) in [7, 11) is 0. The van der Waals surface area contributed by atoms with Gasteiger partial charge in [-0.15, -0.1) is 0 Å². The maximum absolute atomic E-state index is 11.6. The Labute approximate surface area is 92.0 Å². The normalized spacial score (nSPS) is 10.3. The molecule has 0 aliphatic heterocycles. The van der Waals surface area contributed by atoms with Crippen LogP contribution in [0, 0.1) is 6.92 Å². The molecule has 2 aromatic rings. The molecule has 0 amide bonds. The molecular weight excluding hydrogens is 212 g/mol. The third-order valence-corrected chi connectivity index (χ3v) is 2.36. The van der Waals surface area contributed by atoms with Crippen LogP contribution in [0.25, 0.3) is 5.69 Å². The number of halogens is 1. The van der Waals surface area contributed by atoms with Crippen molar-refractivity contribution in [2.75, 3.05) is 0 Å². The average Bonchev–Trinajstić information content (AvgIpc) is 2.20. The van der Waals surface area contributed by atoms with Crippen molar-refractivity contribution in [3.63, 3.8) is 0 Å². The minimum Gasteiger partial charge on any atom is -0.269 e. The van der Waals surface area contributed by atoms with E-state index in [-0.39, 0.29) is 5.56 Å². The zero-order valence-corrected chi connectivity index (χ0v) is 8.90. The average molecular weight is 221 g/mol. The molecule has 76 valence electrons. The number of benzene rings is 1. The Kier molecular flexibility index (Phi) is 2.56. The van der Waals surface area contributed by atoms with Gasteiger partial charge in [-0.3, -0.25) is 9.36 Å². The lowest BCUT2D eigenvalue weighted by Gasteiger charge is -2.07. The van der Waals surface area contributed by atoms with E-state index in [2.05, 4.69) is 4.98 Å². The molecule has 0 radical (unpaired) electrons. The SMILES string of the molecule is Cc1nccc(=O)n1-c1ccc(Cl)cc1. The zero-order valence-electron chi connectivity index (χ0n) is 8.14. The maximum atomic E-state index is 11.6. The lowest BCUT2D eigenvalue weighted by molar-refractivity contribution is 0.870. The van der Waals surface area contributed by atoms with E-state index in [9.17, 15) is 4.79 Å². The van der Waals surface area contributed by atoms with Gasteiger partial charge in [0.2, 0.25) is 0 Å². The Hall–Kier alpha value is -1.61. The number of rotatable bonds is 1. The predicted molar refractivity (Wildman–Crippen MR) is 59.6 cm³/mol. The molecule has 1 aromatic carbocycles. The van der Waals surface area contributed by atoms with Crippen molar-refractivity contribution >= 4 is 11.6 Å². The third-order valence-electron chi connectivity index (χ3n) is 2.11. The van der Waals surface area contributed by atoms with Gasteiger partial charge in [-0.2, -0.15) is 0 Å². The van der Waals surface area contributed by atoms with Crippen LogP contribution in [0.5, 0.6) is 0 Å². The summed E-state index contributed by atoms with van der Waals surface area (Å²) < 4.78 is 1.54. The second-order valence-corrected chi connectivity index (χ2v) is 3.58. The molecule has 0 saturated heterocycles. The van der Waals surface area contributed by atoms with Gasteiger partial charge in [0, 0.05) is 17.3 Å². The van der Waals surface area contributed by atoms with Crippen molar-refractivity contribution in [3.05, 3.63) is 57.7 Å². The summed E-state index contributed by atoms with van der Waals surface area (Å²) in [5.41, 5.74) is 0.680. The van der Waals surface area contributed by atoms with E-state index in [0.717, 1.165) is 5.69 Å². The first-order valence-electron chi connectivity index (χ1n) is 4.49. The Morgan fingerprint density at radius 3 is 2.47 bits per heavy atom. The van der Waals surface area contributed by atoms with Crippen LogP contribution in [-0.4, -0.2) is 9.55 Å². The van der Waals surface area contributed by atoms with Gasteiger partial charge in [0.15, 0.2) is 0 Å². The van der Waals surface area contributed by atoms with E-state index in [0.29, 0.717) is 10.8 Å². The van der Waals surface area contributed by atoms with Crippen molar-refractivity contribution in [2.45, 2.75) is 6.92 Å². The van der Waals surface area contributed by atoms with Crippen LogP contribution in [0.15, 0.2) is 41.3 Å². The van der Waals surface area contributed by atoms with E-state index < -0.39 is 0 Å². The van der Waals surface area contributed by atoms with Crippen LogP contribution in [0.3, 0.4) is 0 Å². The summed E-state index contributed by atoms with van der Waals surface area (Å²) in [5, 5.41) is 0.647. The lowest BCUT2D eigenvalue weighted by Crippen LogP contribution is -2.20. The van der Waals surface area contributed by atoms with Gasteiger partial charge in [-0.05, 0) is 31.2 Å². The van der Waals surface area contributed by atoms with Gasteiger partial charge in [0.05, 0.1) is 5.69 Å². The Balaban J connectivity index is 2.64. The summed E-state index contributed by atoms with van der Waals surface area (Å²) in [6.07, 6.45) is 1.50. The van der Waals surface area contributed by atoms with Crippen molar-refractivity contribution in [3.8, 4) is 5.69 Å². The standard InChI is InChI=1S/C11H9ClN2O/c1-8-13-7-6-11(15)14(8)10-4-2-9(12)3-5-10/h2-7H,1H3. The van der Waals surface area contributed by atoms with Gasteiger partial charge in [0.1, 0.15) is 5.82 Å². The topological polar surface area (TPSA) is 34.9 Å². The summed E-state index contributed by atoms with van der Waals surface area (Å²) in [4.78, 5) is 15.7. The molecule has 1 aromatic heterocycles. The van der Waals surface area contributed by atoms with Crippen molar-refractivity contribution in [1.82, 2.24) is 9.55 Å². The number of hydrogen-bond donors (Lipinski definition) is 0. The minimum absolute atomic E-state index is 0.0928. The molecule has 0 N–H and O–H groups in total. The van der Waals surface area contributed by atoms with Crippen LogP contribution in [0.1, 0.15) is 5.82 Å². The summed E-state index contributed by atoms with van der Waals surface area (Å²) in [6, 6.07) is 8.50. The van der Waals surface area contributed by atoms with E-state index >= 15 is 0 Å². The fourth-order valence-corrected chi connectivity index (χ4v) is 1.53. The first kappa shape index (κ1) is 9.93. The van der Waals surface area contributed by atoms with Gasteiger partial charge in [-0.25, -0.2) is 4.98 Å². The van der Waals surface area contributed by atoms with E-state index in [1.165, 1.54) is 16.8 Å². The van der Waals surface area contributed by atoms with Crippen LogP contribution in [0.4, 0.5) is 0 Å². The van der Waals surface area contributed by atoms with Crippen molar-refractivity contribution < 1.29 is 0 Å². The Morgan fingerprint density at radius 2 is 1.87 bits per heavy atom. The van der Waals surface area contributed by atoms with Crippen LogP contribution in [-0.2, 0) is 0 Å². The van der Waals surface area contributed by atoms with E-state index in [1.807, 2.05) is 0 Å². The highest BCUT2D eigenvalue weighted by atomic mass is 35.5. The molecule has 0 aliphatic rings. The predicted octanol–water partition coefficient (Wildman–Crippen LogP) is 2.19. The van der Waals surface area contributed by atoms with Gasteiger partial charge >= 0.3 is 0 Å². The van der Waals surface area contributed by atoms with Crippen LogP contribution < -0.4 is 5.56 Å². The Bertz CT molecular complexity index is 531. The molecule has 0 fully saturated rings. The third kappa shape index (κ3) is 1.92. The molecule has 0 saturated carbocycles. The van der Waals surface area contributed by atoms with E-state index in [1.54, 1.807) is 31.2 Å². The highest BCUT2D eigenvalue weighted by Gasteiger charge is 2.02. The largest absolute Gasteiger partial charge is 0.269 e. The molecule has 3 nitrogen and oxygen atoms in total. The molecule has 2 rings (SSSR count). The number of hydrogen-bond acceptors (Lipinski definition) is 2. The fourth-order valence-electron chi connectivity index (χ4n) is 1.40. The summed E-state index contributed by atoms with van der Waals surface area (Å²) >= 11 is 5.78. The number of aromatic nitrogens is 2. The Morgan fingerprint density at radius 1 is 1.20 bits per heavy atom. The molecule has 0 unspecified atom stereocenters. The first-order valence-corrected chi connectivity index (χ1v) is 4.87. The van der Waals surface area contributed by atoms with E-state index in [4.69, 9.17) is 11.6 Å². The molecular formula is C11H9ClN2O. The first-order chi connectivity index (χ1) is 7.18. The molecule has 0 atom stereocenters. The summed E-state index contributed by atoms with van der Waals surface area (Å²) in [5.74, 6) is 0.657. The zero-order chi connectivity index (χ0) is 10.8. The summed E-state index contributed by atoms with van der Waals surface area (Å²) in [6.45, 7) is 1.79. The second kappa shape index (κ2) is 3.87.